The van der Waals surface area contributed by atoms with Gasteiger partial charge in [-0.15, -0.1) is 0 Å². The molecule has 0 saturated heterocycles. The summed E-state index contributed by atoms with van der Waals surface area (Å²) in [6, 6.07) is 0. The fourth-order valence-electron chi connectivity index (χ4n) is 2.07. The molecule has 82 valence electrons. The van der Waals surface area contributed by atoms with E-state index in [0.29, 0.717) is 13.0 Å². The lowest BCUT2D eigenvalue weighted by molar-refractivity contribution is -0.141. The number of nitrogens with zero attached hydrogens (tertiary/aromatic N) is 1. The monoisotopic (exact) mass is 209 g/mol. The number of aliphatic carboxylic acids is 1. The van der Waals surface area contributed by atoms with E-state index in [-0.39, 0.29) is 11.8 Å². The number of amides is 1. The van der Waals surface area contributed by atoms with Gasteiger partial charge < -0.3 is 10.0 Å². The summed E-state index contributed by atoms with van der Waals surface area (Å²) in [5, 5.41) is 8.74. The molecular formula is C11H15NO3. The van der Waals surface area contributed by atoms with Gasteiger partial charge in [0.05, 0.1) is 11.8 Å². The van der Waals surface area contributed by atoms with Crippen molar-refractivity contribution in [3.63, 3.8) is 0 Å². The lowest BCUT2D eigenvalue weighted by atomic mass is 10.1. The van der Waals surface area contributed by atoms with E-state index in [0.717, 1.165) is 13.0 Å². The summed E-state index contributed by atoms with van der Waals surface area (Å²) >= 11 is 0. The Morgan fingerprint density at radius 1 is 1.47 bits per heavy atom. The Morgan fingerprint density at radius 2 is 2.20 bits per heavy atom. The van der Waals surface area contributed by atoms with E-state index in [1.165, 1.54) is 5.57 Å². The van der Waals surface area contributed by atoms with E-state index in [1.807, 2.05) is 6.92 Å². The first kappa shape index (κ1) is 10.2. The van der Waals surface area contributed by atoms with Gasteiger partial charge in [-0.05, 0) is 19.8 Å². The molecule has 0 unspecified atom stereocenters. The van der Waals surface area contributed by atoms with Crippen LogP contribution in [0.5, 0.6) is 0 Å². The minimum atomic E-state index is -0.836. The topological polar surface area (TPSA) is 57.6 Å². The molecule has 1 aliphatic carbocycles. The zero-order valence-corrected chi connectivity index (χ0v) is 8.77. The van der Waals surface area contributed by atoms with Gasteiger partial charge in [0.25, 0.3) is 0 Å². The number of carboxylic acids is 1. The van der Waals surface area contributed by atoms with Crippen molar-refractivity contribution in [2.45, 2.75) is 19.8 Å². The zero-order chi connectivity index (χ0) is 11.0. The molecule has 1 N–H and O–H groups in total. The molecule has 0 aromatic rings. The second-order valence-corrected chi connectivity index (χ2v) is 4.39. The summed E-state index contributed by atoms with van der Waals surface area (Å²) < 4.78 is 0. The summed E-state index contributed by atoms with van der Waals surface area (Å²) in [7, 11) is 0. The molecule has 0 radical (unpaired) electrons. The summed E-state index contributed by atoms with van der Waals surface area (Å²) in [6.45, 7) is 3.40. The predicted octanol–water partition coefficient (Wildman–Crippen LogP) is 0.886. The molecule has 0 aromatic carbocycles. The summed E-state index contributed by atoms with van der Waals surface area (Å²) in [5.74, 6) is -1.50. The lowest BCUT2D eigenvalue weighted by Gasteiger charge is -2.26. The second-order valence-electron chi connectivity index (χ2n) is 4.39. The highest BCUT2D eigenvalue weighted by Gasteiger charge is 2.49. The normalized spacial score (nSPS) is 29.7. The lowest BCUT2D eigenvalue weighted by Crippen LogP contribution is -2.37. The third kappa shape index (κ3) is 2.03. The minimum Gasteiger partial charge on any atom is -0.481 e. The molecule has 1 heterocycles. The maximum Gasteiger partial charge on any atom is 0.307 e. The molecule has 0 aromatic heterocycles. The van der Waals surface area contributed by atoms with Crippen LogP contribution in [0.1, 0.15) is 19.8 Å². The molecule has 4 heteroatoms. The fourth-order valence-corrected chi connectivity index (χ4v) is 2.07. The van der Waals surface area contributed by atoms with Crippen LogP contribution < -0.4 is 0 Å². The summed E-state index contributed by atoms with van der Waals surface area (Å²) in [4.78, 5) is 24.3. The van der Waals surface area contributed by atoms with Gasteiger partial charge in [-0.25, -0.2) is 0 Å². The van der Waals surface area contributed by atoms with Crippen molar-refractivity contribution in [1.82, 2.24) is 4.90 Å². The van der Waals surface area contributed by atoms with Crippen molar-refractivity contribution >= 4 is 11.9 Å². The minimum absolute atomic E-state index is 0.0230. The quantitative estimate of drug-likeness (QED) is 0.687. The van der Waals surface area contributed by atoms with Crippen LogP contribution in [0, 0.1) is 11.8 Å². The second kappa shape index (κ2) is 3.68. The van der Waals surface area contributed by atoms with E-state index in [9.17, 15) is 9.59 Å². The van der Waals surface area contributed by atoms with Gasteiger partial charge in [-0.3, -0.25) is 9.59 Å². The molecule has 2 rings (SSSR count). The Balaban J connectivity index is 1.93. The number of hydrogen-bond donors (Lipinski definition) is 1. The maximum absolute atomic E-state index is 11.9. The number of carboxylic acid groups (broad SMARTS) is 1. The van der Waals surface area contributed by atoms with Crippen molar-refractivity contribution in [1.29, 1.82) is 0 Å². The van der Waals surface area contributed by atoms with Crippen LogP contribution in [0.25, 0.3) is 0 Å². The molecule has 1 amide bonds. The molecule has 15 heavy (non-hydrogen) atoms. The highest BCUT2D eigenvalue weighted by atomic mass is 16.4. The summed E-state index contributed by atoms with van der Waals surface area (Å²) in [5.41, 5.74) is 1.20. The Hall–Kier alpha value is -1.32. The molecule has 4 nitrogen and oxygen atoms in total. The van der Waals surface area contributed by atoms with Crippen LogP contribution in [0.15, 0.2) is 11.6 Å². The van der Waals surface area contributed by atoms with Crippen molar-refractivity contribution in [2.24, 2.45) is 11.8 Å². The van der Waals surface area contributed by atoms with Gasteiger partial charge in [0.1, 0.15) is 0 Å². The molecule has 0 bridgehead atoms. The van der Waals surface area contributed by atoms with Crippen LogP contribution in [0.2, 0.25) is 0 Å². The van der Waals surface area contributed by atoms with Crippen LogP contribution in [-0.2, 0) is 9.59 Å². The van der Waals surface area contributed by atoms with Crippen molar-refractivity contribution in [2.75, 3.05) is 13.1 Å². The molecule has 2 aliphatic rings. The smallest absolute Gasteiger partial charge is 0.307 e. The SMILES string of the molecule is CC1=CCCN(C(=O)[C@@H]2C[C@@H]2C(=O)O)C1. The molecule has 1 fully saturated rings. The molecule has 1 aliphatic heterocycles. The van der Waals surface area contributed by atoms with Gasteiger partial charge >= 0.3 is 5.97 Å². The predicted molar refractivity (Wildman–Crippen MR) is 54.2 cm³/mol. The van der Waals surface area contributed by atoms with Crippen molar-refractivity contribution in [3.8, 4) is 0 Å². The molecule has 2 atom stereocenters. The van der Waals surface area contributed by atoms with E-state index < -0.39 is 11.9 Å². The number of carbonyl (C=O) groups excluding carboxylic acids is 1. The zero-order valence-electron chi connectivity index (χ0n) is 8.77. The van der Waals surface area contributed by atoms with Gasteiger partial charge in [0.2, 0.25) is 5.91 Å². The maximum atomic E-state index is 11.9. The number of carbonyl (C=O) groups is 2. The third-order valence-electron chi connectivity index (χ3n) is 3.07. The fraction of sp³-hybridized carbons (Fsp3) is 0.636. The largest absolute Gasteiger partial charge is 0.481 e. The van der Waals surface area contributed by atoms with Crippen LogP contribution in [0.4, 0.5) is 0 Å². The standard InChI is InChI=1S/C11H15NO3/c1-7-3-2-4-12(6-7)10(13)8-5-9(8)11(14)15/h3,8-9H,2,4-6H2,1H3,(H,14,15)/t8-,9+/m1/s1. The van der Waals surface area contributed by atoms with Crippen LogP contribution in [0.3, 0.4) is 0 Å². The first-order valence-corrected chi connectivity index (χ1v) is 5.27. The average Bonchev–Trinajstić information content (AvgIpc) is 2.96. The first-order valence-electron chi connectivity index (χ1n) is 5.27. The van der Waals surface area contributed by atoms with E-state index in [1.54, 1.807) is 4.90 Å². The highest BCUT2D eigenvalue weighted by molar-refractivity contribution is 5.89. The van der Waals surface area contributed by atoms with Crippen LogP contribution in [-0.4, -0.2) is 35.0 Å². The van der Waals surface area contributed by atoms with Gasteiger partial charge in [0, 0.05) is 13.1 Å². The number of hydrogen-bond acceptors (Lipinski definition) is 2. The van der Waals surface area contributed by atoms with Gasteiger partial charge in [0.15, 0.2) is 0 Å². The van der Waals surface area contributed by atoms with Crippen LogP contribution >= 0.6 is 0 Å². The molecule has 1 saturated carbocycles. The van der Waals surface area contributed by atoms with Crippen molar-refractivity contribution in [3.05, 3.63) is 11.6 Å². The Morgan fingerprint density at radius 3 is 2.73 bits per heavy atom. The third-order valence-corrected chi connectivity index (χ3v) is 3.07. The highest BCUT2D eigenvalue weighted by Crippen LogP contribution is 2.40. The van der Waals surface area contributed by atoms with E-state index in [2.05, 4.69) is 6.08 Å². The van der Waals surface area contributed by atoms with Crippen molar-refractivity contribution < 1.29 is 14.7 Å². The Bertz CT molecular complexity index is 335. The molecule has 0 spiro atoms. The van der Waals surface area contributed by atoms with Gasteiger partial charge in [-0.2, -0.15) is 0 Å². The van der Waals surface area contributed by atoms with Gasteiger partial charge in [-0.1, -0.05) is 11.6 Å². The number of rotatable bonds is 2. The Kier molecular flexibility index (Phi) is 2.50. The van der Waals surface area contributed by atoms with E-state index >= 15 is 0 Å². The first-order chi connectivity index (χ1) is 7.09. The summed E-state index contributed by atoms with van der Waals surface area (Å²) in [6.07, 6.45) is 3.54. The van der Waals surface area contributed by atoms with E-state index in [4.69, 9.17) is 5.11 Å². The molecular weight excluding hydrogens is 194 g/mol. The average molecular weight is 209 g/mol. The Labute approximate surface area is 88.6 Å².